The van der Waals surface area contributed by atoms with Crippen molar-refractivity contribution in [3.8, 4) is 11.5 Å². The van der Waals surface area contributed by atoms with Gasteiger partial charge in [0.05, 0.1) is 42.6 Å². The SMILES string of the molecule is CCOC(=O)C1=C(CS(=O)(=O)c2ccc(C)cc2)NC(=O)N[C@@H]1c1ccc(OCC)c(OC)c1. The minimum Gasteiger partial charge on any atom is -0.493 e. The van der Waals surface area contributed by atoms with E-state index in [4.69, 9.17) is 14.2 Å². The lowest BCUT2D eigenvalue weighted by Crippen LogP contribution is -2.47. The van der Waals surface area contributed by atoms with Crippen LogP contribution < -0.4 is 20.1 Å². The highest BCUT2D eigenvalue weighted by Crippen LogP contribution is 2.35. The largest absolute Gasteiger partial charge is 0.493 e. The lowest BCUT2D eigenvalue weighted by molar-refractivity contribution is -0.139. The first kappa shape index (κ1) is 25.1. The van der Waals surface area contributed by atoms with E-state index in [9.17, 15) is 18.0 Å². The fourth-order valence-corrected chi connectivity index (χ4v) is 4.91. The maximum atomic E-state index is 13.1. The van der Waals surface area contributed by atoms with Crippen LogP contribution in [0.2, 0.25) is 0 Å². The number of urea groups is 1. The van der Waals surface area contributed by atoms with Gasteiger partial charge in [0.2, 0.25) is 0 Å². The quantitative estimate of drug-likeness (QED) is 0.521. The number of carbonyl (C=O) groups is 2. The number of benzene rings is 2. The van der Waals surface area contributed by atoms with Gasteiger partial charge >= 0.3 is 12.0 Å². The van der Waals surface area contributed by atoms with Crippen molar-refractivity contribution in [2.45, 2.75) is 31.7 Å². The van der Waals surface area contributed by atoms with Crippen LogP contribution in [0.3, 0.4) is 0 Å². The molecule has 1 atom stereocenters. The molecule has 2 aromatic rings. The summed E-state index contributed by atoms with van der Waals surface area (Å²) >= 11 is 0. The number of ether oxygens (including phenoxy) is 3. The smallest absolute Gasteiger partial charge is 0.338 e. The van der Waals surface area contributed by atoms with Crippen LogP contribution in [0, 0.1) is 6.92 Å². The van der Waals surface area contributed by atoms with Gasteiger partial charge in [-0.3, -0.25) is 0 Å². The van der Waals surface area contributed by atoms with Crippen molar-refractivity contribution in [3.05, 3.63) is 64.9 Å². The summed E-state index contributed by atoms with van der Waals surface area (Å²) in [6.07, 6.45) is 0. The summed E-state index contributed by atoms with van der Waals surface area (Å²) in [4.78, 5) is 25.6. The first-order valence-electron chi connectivity index (χ1n) is 10.8. The Kier molecular flexibility index (Phi) is 7.83. The molecule has 10 heteroatoms. The summed E-state index contributed by atoms with van der Waals surface area (Å²) in [7, 11) is -2.39. The van der Waals surface area contributed by atoms with Gasteiger partial charge in [0.25, 0.3) is 0 Å². The highest BCUT2D eigenvalue weighted by Gasteiger charge is 2.36. The average Bonchev–Trinajstić information content (AvgIpc) is 2.79. The second kappa shape index (κ2) is 10.6. The molecule has 182 valence electrons. The van der Waals surface area contributed by atoms with Gasteiger partial charge in [0, 0.05) is 5.70 Å². The van der Waals surface area contributed by atoms with Crippen molar-refractivity contribution in [1.29, 1.82) is 0 Å². The molecule has 0 fully saturated rings. The van der Waals surface area contributed by atoms with E-state index in [0.717, 1.165) is 5.56 Å². The molecule has 0 saturated heterocycles. The molecule has 0 unspecified atom stereocenters. The Morgan fingerprint density at radius 2 is 1.74 bits per heavy atom. The van der Waals surface area contributed by atoms with Gasteiger partial charge in [-0.1, -0.05) is 23.8 Å². The third-order valence-electron chi connectivity index (χ3n) is 5.18. The molecule has 1 heterocycles. The summed E-state index contributed by atoms with van der Waals surface area (Å²) in [5, 5.41) is 5.18. The maximum Gasteiger partial charge on any atom is 0.338 e. The molecule has 0 saturated carbocycles. The van der Waals surface area contributed by atoms with Crippen molar-refractivity contribution in [1.82, 2.24) is 10.6 Å². The number of aryl methyl sites for hydroxylation is 1. The Bertz CT molecular complexity index is 1200. The van der Waals surface area contributed by atoms with Crippen molar-refractivity contribution >= 4 is 21.8 Å². The zero-order valence-electron chi connectivity index (χ0n) is 19.5. The third-order valence-corrected chi connectivity index (χ3v) is 6.84. The molecule has 1 aliphatic rings. The molecule has 0 bridgehead atoms. The van der Waals surface area contributed by atoms with E-state index in [-0.39, 0.29) is 22.8 Å². The van der Waals surface area contributed by atoms with Gasteiger partial charge in [0.15, 0.2) is 21.3 Å². The lowest BCUT2D eigenvalue weighted by Gasteiger charge is -2.29. The molecule has 1 aliphatic heterocycles. The van der Waals surface area contributed by atoms with Crippen LogP contribution in [0.1, 0.15) is 31.0 Å². The number of nitrogens with one attached hydrogen (secondary N) is 2. The molecular formula is C24H28N2O7S. The van der Waals surface area contributed by atoms with Crippen molar-refractivity contribution < 1.29 is 32.2 Å². The molecule has 0 aromatic heterocycles. The average molecular weight is 489 g/mol. The molecule has 2 aromatic carbocycles. The Labute approximate surface area is 199 Å². The molecule has 0 aliphatic carbocycles. The van der Waals surface area contributed by atoms with Crippen LogP contribution >= 0.6 is 0 Å². The van der Waals surface area contributed by atoms with E-state index >= 15 is 0 Å². The highest BCUT2D eigenvalue weighted by molar-refractivity contribution is 7.91. The maximum absolute atomic E-state index is 13.1. The lowest BCUT2D eigenvalue weighted by atomic mass is 9.95. The number of carbonyl (C=O) groups excluding carboxylic acids is 2. The molecule has 34 heavy (non-hydrogen) atoms. The fourth-order valence-electron chi connectivity index (χ4n) is 3.59. The van der Waals surface area contributed by atoms with Crippen LogP contribution in [-0.4, -0.2) is 46.5 Å². The number of hydrogen-bond donors (Lipinski definition) is 2. The number of esters is 1. The predicted molar refractivity (Wildman–Crippen MR) is 125 cm³/mol. The topological polar surface area (TPSA) is 120 Å². The Hall–Kier alpha value is -3.53. The minimum absolute atomic E-state index is 0.00310. The Morgan fingerprint density at radius 3 is 2.35 bits per heavy atom. The van der Waals surface area contributed by atoms with Gasteiger partial charge in [-0.25, -0.2) is 18.0 Å². The summed E-state index contributed by atoms with van der Waals surface area (Å²) in [5.74, 6) is -0.411. The molecule has 0 radical (unpaired) electrons. The number of rotatable bonds is 9. The summed E-state index contributed by atoms with van der Waals surface area (Å²) in [6.45, 7) is 5.83. The first-order valence-corrected chi connectivity index (χ1v) is 12.4. The number of methoxy groups -OCH3 is 1. The molecule has 2 amide bonds. The Morgan fingerprint density at radius 1 is 1.03 bits per heavy atom. The van der Waals surface area contributed by atoms with Crippen molar-refractivity contribution in [2.24, 2.45) is 0 Å². The van der Waals surface area contributed by atoms with Gasteiger partial charge < -0.3 is 24.8 Å². The van der Waals surface area contributed by atoms with Crippen LogP contribution in [0.15, 0.2) is 58.6 Å². The fraction of sp³-hybridized carbons (Fsp3) is 0.333. The zero-order chi connectivity index (χ0) is 24.9. The van der Waals surface area contributed by atoms with E-state index in [0.29, 0.717) is 23.7 Å². The molecule has 0 spiro atoms. The standard InChI is InChI=1S/C24H28N2O7S/c1-5-32-19-12-9-16(13-20(19)31-4)22-21(23(27)33-6-2)18(25-24(28)26-22)14-34(29,30)17-10-7-15(3)8-11-17/h7-13,22H,5-6,14H2,1-4H3,(H2,25,26,28)/t22-/m1/s1. The first-order chi connectivity index (χ1) is 16.2. The molecule has 3 rings (SSSR count). The van der Waals surface area contributed by atoms with Crippen LogP contribution in [-0.2, 0) is 19.4 Å². The highest BCUT2D eigenvalue weighted by atomic mass is 32.2. The second-order valence-corrected chi connectivity index (χ2v) is 9.55. The summed E-state index contributed by atoms with van der Waals surface area (Å²) in [5.41, 5.74) is 1.37. The predicted octanol–water partition coefficient (Wildman–Crippen LogP) is 3.05. The van der Waals surface area contributed by atoms with E-state index < -0.39 is 33.6 Å². The van der Waals surface area contributed by atoms with Gasteiger partial charge in [-0.05, 0) is 50.6 Å². The van der Waals surface area contributed by atoms with E-state index in [2.05, 4.69) is 10.6 Å². The number of amides is 2. The zero-order valence-corrected chi connectivity index (χ0v) is 20.3. The van der Waals surface area contributed by atoms with Gasteiger partial charge in [-0.2, -0.15) is 0 Å². The van der Waals surface area contributed by atoms with Crippen LogP contribution in [0.25, 0.3) is 0 Å². The summed E-state index contributed by atoms with van der Waals surface area (Å²) in [6, 6.07) is 9.73. The normalized spacial score (nSPS) is 15.9. The third kappa shape index (κ3) is 5.51. The molecular weight excluding hydrogens is 460 g/mol. The summed E-state index contributed by atoms with van der Waals surface area (Å²) < 4.78 is 42.4. The Balaban J connectivity index is 2.10. The van der Waals surface area contributed by atoms with Gasteiger partial charge in [-0.15, -0.1) is 0 Å². The van der Waals surface area contributed by atoms with E-state index in [1.165, 1.54) is 19.2 Å². The van der Waals surface area contributed by atoms with Crippen LogP contribution in [0.5, 0.6) is 11.5 Å². The van der Waals surface area contributed by atoms with Crippen LogP contribution in [0.4, 0.5) is 4.79 Å². The van der Waals surface area contributed by atoms with E-state index in [1.807, 2.05) is 13.8 Å². The van der Waals surface area contributed by atoms with Gasteiger partial charge in [0.1, 0.15) is 0 Å². The van der Waals surface area contributed by atoms with Crippen molar-refractivity contribution in [3.63, 3.8) is 0 Å². The number of sulfone groups is 1. The number of hydrogen-bond acceptors (Lipinski definition) is 7. The second-order valence-electron chi connectivity index (χ2n) is 7.56. The monoisotopic (exact) mass is 488 g/mol. The van der Waals surface area contributed by atoms with Crippen molar-refractivity contribution in [2.75, 3.05) is 26.1 Å². The van der Waals surface area contributed by atoms with E-state index in [1.54, 1.807) is 37.3 Å². The minimum atomic E-state index is -3.87. The molecule has 2 N–H and O–H groups in total. The molecule has 9 nitrogen and oxygen atoms in total.